The highest BCUT2D eigenvalue weighted by atomic mass is 32.5. The van der Waals surface area contributed by atoms with Crippen LogP contribution in [0.15, 0.2) is 15.8 Å². The minimum atomic E-state index is -5.32. The molecule has 5 unspecified atom stereocenters. The van der Waals surface area contributed by atoms with Gasteiger partial charge in [-0.1, -0.05) is 0 Å². The molecule has 0 aromatic carbocycles. The number of nitrogens with one attached hydrogen (secondary N) is 1. The van der Waals surface area contributed by atoms with Crippen LogP contribution in [-0.2, 0) is 38.8 Å². The molecule has 0 spiro atoms. The van der Waals surface area contributed by atoms with Crippen molar-refractivity contribution in [1.29, 1.82) is 0 Å². The van der Waals surface area contributed by atoms with Gasteiger partial charge in [0.1, 0.15) is 12.3 Å². The molecule has 166 valence electrons. The first-order valence-electron chi connectivity index (χ1n) is 7.52. The molecule has 15 nitrogen and oxygen atoms in total. The summed E-state index contributed by atoms with van der Waals surface area (Å²) in [5.41, 5.74) is -1.19. The normalized spacial score (nSPS) is 26.8. The molecule has 19 heteroatoms. The summed E-state index contributed by atoms with van der Waals surface area (Å²) in [6.07, 6.45) is -2.44. The monoisotopic (exact) mass is 498 g/mol. The van der Waals surface area contributed by atoms with E-state index in [0.717, 1.165) is 4.57 Å². The first-order valence-corrected chi connectivity index (χ1v) is 13.1. The Labute approximate surface area is 166 Å². The lowest BCUT2D eigenvalue weighted by Gasteiger charge is -2.21. The molecule has 2 heterocycles. The van der Waals surface area contributed by atoms with E-state index in [0.29, 0.717) is 0 Å². The van der Waals surface area contributed by atoms with Crippen LogP contribution in [0.5, 0.6) is 0 Å². The Balaban J connectivity index is 2.03. The number of hydrogen-bond donors (Lipinski definition) is 6. The van der Waals surface area contributed by atoms with E-state index in [1.165, 1.54) is 13.1 Å². The topological polar surface area (TPSA) is 227 Å². The number of phosphoric ester groups is 1. The van der Waals surface area contributed by atoms with Crippen molar-refractivity contribution in [2.24, 2.45) is 0 Å². The van der Waals surface area contributed by atoms with Gasteiger partial charge in [0.05, 0.1) is 12.7 Å². The summed E-state index contributed by atoms with van der Waals surface area (Å²) < 4.78 is 41.2. The van der Waals surface area contributed by atoms with Crippen LogP contribution >= 0.6 is 22.4 Å². The van der Waals surface area contributed by atoms with Crippen LogP contribution in [0, 0.1) is 6.92 Å². The highest BCUT2D eigenvalue weighted by Crippen LogP contribution is 2.66. The minimum absolute atomic E-state index is 0.130. The van der Waals surface area contributed by atoms with Gasteiger partial charge in [0.25, 0.3) is 5.56 Å². The predicted octanol–water partition coefficient (Wildman–Crippen LogP) is -1.05. The number of aromatic amines is 1. The van der Waals surface area contributed by atoms with E-state index in [4.69, 9.17) is 14.5 Å². The van der Waals surface area contributed by atoms with Gasteiger partial charge in [0, 0.05) is 18.2 Å². The largest absolute Gasteiger partial charge is 0.479 e. The second kappa shape index (κ2) is 8.89. The van der Waals surface area contributed by atoms with E-state index in [1.807, 2.05) is 0 Å². The van der Waals surface area contributed by atoms with Crippen molar-refractivity contribution in [2.75, 3.05) is 6.61 Å². The van der Waals surface area contributed by atoms with E-state index in [9.17, 15) is 33.6 Å². The molecule has 5 atom stereocenters. The molecule has 0 aliphatic carbocycles. The highest BCUT2D eigenvalue weighted by Gasteiger charge is 2.40. The molecule has 1 aromatic rings. The SMILES string of the molecule is Cc1cn(C2CC(O)C(COP(=O)(O)OP(O)(=S)OP(=O)(O)O)O2)c(=O)[nH]c1=O. The number of H-pyrrole nitrogens is 1. The standard InChI is InChI=1S/C10H17N2O13P3S/c1-5-3-12(10(15)11-9(5)14)8-2-6(13)7(23-8)4-22-27(19,20)25-28(21,29)24-26(16,17)18/h3,6-8,13H,2,4H2,1H3,(H,19,20)(H,21,29)(H,11,14,15)(H2,16,17,18). The van der Waals surface area contributed by atoms with Crippen LogP contribution in [-0.4, -0.2) is 53.0 Å². The molecule has 1 aliphatic heterocycles. The van der Waals surface area contributed by atoms with Crippen molar-refractivity contribution in [3.05, 3.63) is 32.6 Å². The lowest BCUT2D eigenvalue weighted by molar-refractivity contribution is -0.0448. The Morgan fingerprint density at radius 1 is 1.28 bits per heavy atom. The Bertz CT molecular complexity index is 1020. The zero-order valence-electron chi connectivity index (χ0n) is 14.4. The summed E-state index contributed by atoms with van der Waals surface area (Å²) >= 11 is 4.20. The van der Waals surface area contributed by atoms with Gasteiger partial charge < -0.3 is 29.4 Å². The third-order valence-electron chi connectivity index (χ3n) is 3.48. The summed E-state index contributed by atoms with van der Waals surface area (Å²) in [5, 5.41) is 10.0. The number of hydrogen-bond acceptors (Lipinski definition) is 10. The van der Waals surface area contributed by atoms with Gasteiger partial charge in [0.15, 0.2) is 0 Å². The quantitative estimate of drug-likeness (QED) is 0.235. The molecular weight excluding hydrogens is 481 g/mol. The number of ether oxygens (including phenoxy) is 1. The molecule has 29 heavy (non-hydrogen) atoms. The zero-order valence-corrected chi connectivity index (χ0v) is 17.9. The number of aromatic nitrogens is 2. The van der Waals surface area contributed by atoms with Crippen LogP contribution in [0.3, 0.4) is 0 Å². The Hall–Kier alpha value is -0.570. The number of phosphoric acid groups is 2. The number of aliphatic hydroxyl groups is 1. The first-order chi connectivity index (χ1) is 13.1. The second-order valence-electron chi connectivity index (χ2n) is 5.80. The smallest absolute Gasteiger partial charge is 0.390 e. The maximum Gasteiger partial charge on any atom is 0.479 e. The number of aliphatic hydroxyl groups excluding tert-OH is 1. The van der Waals surface area contributed by atoms with Crippen molar-refractivity contribution in [2.45, 2.75) is 31.8 Å². The number of rotatable bonds is 8. The molecule has 1 aromatic heterocycles. The Morgan fingerprint density at radius 2 is 1.90 bits per heavy atom. The van der Waals surface area contributed by atoms with E-state index in [1.54, 1.807) is 0 Å². The Morgan fingerprint density at radius 3 is 2.48 bits per heavy atom. The second-order valence-corrected chi connectivity index (χ2v) is 11.6. The van der Waals surface area contributed by atoms with Crippen molar-refractivity contribution in [3.63, 3.8) is 0 Å². The average molecular weight is 498 g/mol. The van der Waals surface area contributed by atoms with Crippen LogP contribution in [0.4, 0.5) is 0 Å². The first kappa shape index (κ1) is 24.7. The number of aryl methyl sites for hydroxylation is 1. The summed E-state index contributed by atoms with van der Waals surface area (Å²) in [5.74, 6) is 0. The molecule has 2 rings (SSSR count). The van der Waals surface area contributed by atoms with Crippen molar-refractivity contribution < 1.29 is 51.7 Å². The maximum atomic E-state index is 11.9. The van der Waals surface area contributed by atoms with Gasteiger partial charge in [-0.15, -0.1) is 0 Å². The van der Waals surface area contributed by atoms with Crippen molar-refractivity contribution >= 4 is 34.2 Å². The molecule has 0 amide bonds. The van der Waals surface area contributed by atoms with E-state index >= 15 is 0 Å². The highest BCUT2D eigenvalue weighted by molar-refractivity contribution is 8.09. The molecule has 6 N–H and O–H groups in total. The maximum absolute atomic E-state index is 11.9. The van der Waals surface area contributed by atoms with Gasteiger partial charge >= 0.3 is 28.1 Å². The fourth-order valence-corrected chi connectivity index (χ4v) is 6.88. The summed E-state index contributed by atoms with van der Waals surface area (Å²) in [7, 11) is -10.5. The molecule has 0 radical (unpaired) electrons. The van der Waals surface area contributed by atoms with Crippen molar-refractivity contribution in [1.82, 2.24) is 9.55 Å². The molecular formula is C10H17N2O13P3S. The van der Waals surface area contributed by atoms with E-state index < -0.39 is 58.7 Å². The third-order valence-corrected chi connectivity index (χ3v) is 8.48. The van der Waals surface area contributed by atoms with E-state index in [-0.39, 0.29) is 12.0 Å². The van der Waals surface area contributed by atoms with E-state index in [2.05, 4.69) is 29.9 Å². The summed E-state index contributed by atoms with van der Waals surface area (Å²) in [6, 6.07) is 0. The fourth-order valence-electron chi connectivity index (χ4n) is 2.31. The lowest BCUT2D eigenvalue weighted by atomic mass is 10.2. The summed E-state index contributed by atoms with van der Waals surface area (Å²) in [6.45, 7) is -4.18. The Kier molecular flexibility index (Phi) is 7.57. The van der Waals surface area contributed by atoms with Gasteiger partial charge in [-0.05, 0) is 18.7 Å². The molecule has 0 saturated carbocycles. The molecule has 1 saturated heterocycles. The van der Waals surface area contributed by atoms with Crippen LogP contribution in [0.25, 0.3) is 0 Å². The van der Waals surface area contributed by atoms with Crippen molar-refractivity contribution in [3.8, 4) is 0 Å². The molecule has 1 fully saturated rings. The summed E-state index contributed by atoms with van der Waals surface area (Å²) in [4.78, 5) is 61.5. The third kappa shape index (κ3) is 7.26. The van der Waals surface area contributed by atoms with Crippen LogP contribution < -0.4 is 11.2 Å². The molecule has 0 bridgehead atoms. The molecule has 1 aliphatic rings. The van der Waals surface area contributed by atoms with Gasteiger partial charge in [-0.25, -0.2) is 22.5 Å². The zero-order chi connectivity index (χ0) is 22.2. The van der Waals surface area contributed by atoms with Gasteiger partial charge in [-0.2, -0.15) is 0 Å². The lowest BCUT2D eigenvalue weighted by Crippen LogP contribution is -2.33. The number of nitrogens with zero attached hydrogens (tertiary/aromatic N) is 1. The van der Waals surface area contributed by atoms with Gasteiger partial charge in [0.2, 0.25) is 0 Å². The van der Waals surface area contributed by atoms with Crippen LogP contribution in [0.2, 0.25) is 0 Å². The minimum Gasteiger partial charge on any atom is -0.390 e. The van der Waals surface area contributed by atoms with Gasteiger partial charge in [-0.3, -0.25) is 18.9 Å². The predicted molar refractivity (Wildman–Crippen MR) is 97.1 cm³/mol. The fraction of sp³-hybridized carbons (Fsp3) is 0.600. The average Bonchev–Trinajstić information content (AvgIpc) is 2.86. The van der Waals surface area contributed by atoms with Crippen LogP contribution in [0.1, 0.15) is 18.2 Å².